The Balaban J connectivity index is 3.12. The molecule has 1 atom stereocenters. The molecule has 5 nitrogen and oxygen atoms in total. The van der Waals surface area contributed by atoms with Crippen LogP contribution in [0.4, 0.5) is 0 Å². The van der Waals surface area contributed by atoms with E-state index < -0.39 is 6.10 Å². The largest absolute Gasteiger partial charge is 0.389 e. The highest BCUT2D eigenvalue weighted by Gasteiger charge is 2.03. The summed E-state index contributed by atoms with van der Waals surface area (Å²) in [7, 11) is 3.77. The van der Waals surface area contributed by atoms with Crippen LogP contribution >= 0.6 is 0 Å². The maximum atomic E-state index is 9.48. The lowest BCUT2D eigenvalue weighted by molar-refractivity contribution is -0.000480. The molecule has 2 N–H and O–H groups in total. The van der Waals surface area contributed by atoms with Crippen molar-refractivity contribution in [1.82, 2.24) is 10.4 Å². The second kappa shape index (κ2) is 11.3. The van der Waals surface area contributed by atoms with E-state index in [1.54, 1.807) is 5.01 Å². The smallest absolute Gasteiger partial charge is 0.0911 e. The van der Waals surface area contributed by atoms with Gasteiger partial charge in [0.25, 0.3) is 0 Å². The van der Waals surface area contributed by atoms with Gasteiger partial charge in [0.05, 0.1) is 25.9 Å². The first-order valence-corrected chi connectivity index (χ1v) is 5.91. The van der Waals surface area contributed by atoms with Crippen LogP contribution in [-0.4, -0.2) is 63.3 Å². The molecule has 0 aromatic rings. The Kier molecular flexibility index (Phi) is 11.1. The van der Waals surface area contributed by atoms with E-state index in [-0.39, 0.29) is 0 Å². The van der Waals surface area contributed by atoms with Crippen LogP contribution in [0.1, 0.15) is 19.8 Å². The number of rotatable bonds is 11. The van der Waals surface area contributed by atoms with Crippen molar-refractivity contribution >= 4 is 0 Å². The molecule has 1 unspecified atom stereocenters. The van der Waals surface area contributed by atoms with E-state index in [0.717, 1.165) is 19.4 Å². The van der Waals surface area contributed by atoms with Gasteiger partial charge in [-0.05, 0) is 6.42 Å². The summed E-state index contributed by atoms with van der Waals surface area (Å²) in [6.07, 6.45) is 1.77. The lowest BCUT2D eigenvalue weighted by Crippen LogP contribution is -2.38. The molecule has 98 valence electrons. The van der Waals surface area contributed by atoms with E-state index >= 15 is 0 Å². The monoisotopic (exact) mass is 234 g/mol. The Morgan fingerprint density at radius 3 is 2.50 bits per heavy atom. The molecule has 0 radical (unpaired) electrons. The Morgan fingerprint density at radius 1 is 1.19 bits per heavy atom. The second-order valence-corrected chi connectivity index (χ2v) is 3.95. The van der Waals surface area contributed by atoms with Crippen molar-refractivity contribution in [2.24, 2.45) is 0 Å². The van der Waals surface area contributed by atoms with Gasteiger partial charge in [0.1, 0.15) is 0 Å². The van der Waals surface area contributed by atoms with E-state index in [1.165, 1.54) is 0 Å². The number of hydrazine groups is 1. The predicted octanol–water partition coefficient (Wildman–Crippen LogP) is 0.247. The molecule has 0 rings (SSSR count). The number of aliphatic hydroxyl groups is 1. The average Bonchev–Trinajstić information content (AvgIpc) is 2.25. The minimum absolute atomic E-state index is 0.345. The molecule has 0 aromatic heterocycles. The fraction of sp³-hybridized carbons (Fsp3) is 1.00. The summed E-state index contributed by atoms with van der Waals surface area (Å²) in [6, 6.07) is 0. The maximum Gasteiger partial charge on any atom is 0.0911 e. The van der Waals surface area contributed by atoms with Crippen LogP contribution in [0.15, 0.2) is 0 Å². The van der Waals surface area contributed by atoms with Crippen molar-refractivity contribution < 1.29 is 14.6 Å². The van der Waals surface area contributed by atoms with Gasteiger partial charge in [-0.3, -0.25) is 10.4 Å². The molecule has 0 fully saturated rings. The molecular formula is C11H26N2O3. The summed E-state index contributed by atoms with van der Waals surface area (Å²) in [5.74, 6) is 0. The zero-order valence-electron chi connectivity index (χ0n) is 10.7. The van der Waals surface area contributed by atoms with Crippen molar-refractivity contribution in [3.05, 3.63) is 0 Å². The van der Waals surface area contributed by atoms with E-state index in [9.17, 15) is 5.11 Å². The zero-order chi connectivity index (χ0) is 12.2. The van der Waals surface area contributed by atoms with Gasteiger partial charge in [0.15, 0.2) is 0 Å². The molecular weight excluding hydrogens is 208 g/mol. The third kappa shape index (κ3) is 11.9. The standard InChI is InChI=1S/C11H26N2O3/c1-4-5-6-15-7-8-16-10-11(14)9-12-13(2)3/h11-12,14H,4-10H2,1-3H3. The first-order chi connectivity index (χ1) is 7.66. The Morgan fingerprint density at radius 2 is 1.88 bits per heavy atom. The van der Waals surface area contributed by atoms with E-state index in [2.05, 4.69) is 12.3 Å². The van der Waals surface area contributed by atoms with Gasteiger partial charge < -0.3 is 14.6 Å². The first-order valence-electron chi connectivity index (χ1n) is 5.91. The lowest BCUT2D eigenvalue weighted by atomic mass is 10.4. The number of aliphatic hydroxyl groups excluding tert-OH is 1. The van der Waals surface area contributed by atoms with E-state index in [4.69, 9.17) is 9.47 Å². The van der Waals surface area contributed by atoms with Gasteiger partial charge >= 0.3 is 0 Å². The molecule has 0 amide bonds. The molecule has 5 heteroatoms. The number of unbranched alkanes of at least 4 members (excludes halogenated alkanes) is 1. The van der Waals surface area contributed by atoms with Gasteiger partial charge in [-0.2, -0.15) is 0 Å². The molecule has 0 aliphatic heterocycles. The second-order valence-electron chi connectivity index (χ2n) is 3.95. The fourth-order valence-electron chi connectivity index (χ4n) is 1.03. The maximum absolute atomic E-state index is 9.48. The summed E-state index contributed by atoms with van der Waals surface area (Å²) in [4.78, 5) is 0. The normalized spacial score (nSPS) is 13.3. The fourth-order valence-corrected chi connectivity index (χ4v) is 1.03. The van der Waals surface area contributed by atoms with Crippen LogP contribution in [0.3, 0.4) is 0 Å². The summed E-state index contributed by atoms with van der Waals surface area (Å²) in [5, 5.41) is 11.3. The minimum atomic E-state index is -0.474. The highest BCUT2D eigenvalue weighted by atomic mass is 16.5. The lowest BCUT2D eigenvalue weighted by Gasteiger charge is -2.16. The van der Waals surface area contributed by atoms with E-state index in [1.807, 2.05) is 14.1 Å². The molecule has 0 aliphatic rings. The molecule has 0 bridgehead atoms. The summed E-state index contributed by atoms with van der Waals surface area (Å²) in [6.45, 7) is 4.93. The summed E-state index contributed by atoms with van der Waals surface area (Å²) >= 11 is 0. The topological polar surface area (TPSA) is 54.0 Å². The summed E-state index contributed by atoms with van der Waals surface area (Å²) in [5.41, 5.74) is 2.99. The van der Waals surface area contributed by atoms with Crippen LogP contribution in [-0.2, 0) is 9.47 Å². The van der Waals surface area contributed by atoms with Gasteiger partial charge in [-0.15, -0.1) is 0 Å². The van der Waals surface area contributed by atoms with Crippen molar-refractivity contribution in [1.29, 1.82) is 0 Å². The van der Waals surface area contributed by atoms with Crippen LogP contribution < -0.4 is 5.43 Å². The zero-order valence-corrected chi connectivity index (χ0v) is 10.7. The number of nitrogens with zero attached hydrogens (tertiary/aromatic N) is 1. The highest BCUT2D eigenvalue weighted by Crippen LogP contribution is 1.89. The average molecular weight is 234 g/mol. The highest BCUT2D eigenvalue weighted by molar-refractivity contribution is 4.55. The van der Waals surface area contributed by atoms with Crippen molar-refractivity contribution in [3.8, 4) is 0 Å². The first kappa shape index (κ1) is 15.8. The van der Waals surface area contributed by atoms with Gasteiger partial charge in [-0.25, -0.2) is 0 Å². The van der Waals surface area contributed by atoms with Crippen LogP contribution in [0.5, 0.6) is 0 Å². The van der Waals surface area contributed by atoms with Gasteiger partial charge in [-0.1, -0.05) is 13.3 Å². The number of hydrogen-bond acceptors (Lipinski definition) is 5. The van der Waals surface area contributed by atoms with Crippen LogP contribution in [0.2, 0.25) is 0 Å². The Bertz CT molecular complexity index is 145. The molecule has 0 saturated carbocycles. The molecule has 16 heavy (non-hydrogen) atoms. The van der Waals surface area contributed by atoms with Crippen molar-refractivity contribution in [2.75, 3.05) is 47.1 Å². The van der Waals surface area contributed by atoms with Gasteiger partial charge in [0, 0.05) is 27.2 Å². The molecule has 0 heterocycles. The number of ether oxygens (including phenoxy) is 2. The summed E-state index contributed by atoms with van der Waals surface area (Å²) < 4.78 is 10.6. The van der Waals surface area contributed by atoms with Crippen LogP contribution in [0, 0.1) is 0 Å². The Labute approximate surface area is 98.7 Å². The van der Waals surface area contributed by atoms with Gasteiger partial charge in [0.2, 0.25) is 0 Å². The molecule has 0 saturated heterocycles. The van der Waals surface area contributed by atoms with Crippen molar-refractivity contribution in [2.45, 2.75) is 25.9 Å². The predicted molar refractivity (Wildman–Crippen MR) is 64.2 cm³/mol. The number of nitrogens with one attached hydrogen (secondary N) is 1. The van der Waals surface area contributed by atoms with Crippen molar-refractivity contribution in [3.63, 3.8) is 0 Å². The van der Waals surface area contributed by atoms with Crippen LogP contribution in [0.25, 0.3) is 0 Å². The van der Waals surface area contributed by atoms with E-state index in [0.29, 0.717) is 26.4 Å². The SMILES string of the molecule is CCCCOCCOCC(O)CNN(C)C. The Hall–Kier alpha value is -0.200. The molecule has 0 aromatic carbocycles. The third-order valence-corrected chi connectivity index (χ3v) is 1.97. The molecule has 0 aliphatic carbocycles. The third-order valence-electron chi connectivity index (χ3n) is 1.97. The molecule has 0 spiro atoms. The quantitative estimate of drug-likeness (QED) is 0.396. The minimum Gasteiger partial charge on any atom is -0.389 e. The number of hydrogen-bond donors (Lipinski definition) is 2.